The fraction of sp³-hybridized carbons (Fsp3) is 0.200. The summed E-state index contributed by atoms with van der Waals surface area (Å²) in [6.45, 7) is 0.0970. The maximum atomic E-state index is 12.5. The van der Waals surface area contributed by atoms with Crippen molar-refractivity contribution in [3.05, 3.63) is 44.7 Å². The molecule has 0 fully saturated rings. The van der Waals surface area contributed by atoms with Crippen molar-refractivity contribution in [3.8, 4) is 0 Å². The van der Waals surface area contributed by atoms with E-state index in [0.29, 0.717) is 17.3 Å². The van der Waals surface area contributed by atoms with Gasteiger partial charge >= 0.3 is 11.9 Å². The average molecular weight is 304 g/mol. The lowest BCUT2D eigenvalue weighted by Crippen LogP contribution is -2.10. The number of nitrogens with one attached hydrogen (secondary N) is 1. The van der Waals surface area contributed by atoms with E-state index in [1.807, 2.05) is 0 Å². The summed E-state index contributed by atoms with van der Waals surface area (Å²) in [5.41, 5.74) is -1.95. The third-order valence-corrected chi connectivity index (χ3v) is 3.06. The molecular weight excluding hydrogens is 297 g/mol. The van der Waals surface area contributed by atoms with Crippen molar-refractivity contribution in [1.29, 1.82) is 0 Å². The van der Waals surface area contributed by atoms with Gasteiger partial charge in [0.15, 0.2) is 0 Å². The number of rotatable bonds is 4. The minimum atomic E-state index is -4.66. The molecule has 2 aromatic heterocycles. The molecule has 0 saturated heterocycles. The Labute approximate surface area is 114 Å². The molecule has 0 unspecified atom stereocenters. The molecule has 0 saturated carbocycles. The molecule has 0 spiro atoms. The maximum absolute atomic E-state index is 12.5. The summed E-state index contributed by atoms with van der Waals surface area (Å²) >= 11 is 1.28. The first-order chi connectivity index (χ1) is 9.38. The Hall–Kier alpha value is -2.23. The van der Waals surface area contributed by atoms with E-state index in [9.17, 15) is 23.3 Å². The first kappa shape index (κ1) is 14.2. The molecule has 0 aromatic carbocycles. The third kappa shape index (κ3) is 3.20. The van der Waals surface area contributed by atoms with Gasteiger partial charge in [-0.25, -0.2) is 9.97 Å². The molecule has 0 aliphatic carbocycles. The Balaban J connectivity index is 2.29. The van der Waals surface area contributed by atoms with Crippen LogP contribution in [-0.4, -0.2) is 14.9 Å². The van der Waals surface area contributed by atoms with Crippen LogP contribution >= 0.6 is 11.3 Å². The molecule has 20 heavy (non-hydrogen) atoms. The molecule has 2 heterocycles. The zero-order chi connectivity index (χ0) is 14.8. The number of halogens is 3. The van der Waals surface area contributed by atoms with Crippen LogP contribution in [0.25, 0.3) is 0 Å². The number of thiazole rings is 1. The van der Waals surface area contributed by atoms with Gasteiger partial charge in [0, 0.05) is 11.6 Å². The number of aromatic nitrogens is 2. The number of hydrogen-bond acceptors (Lipinski definition) is 6. The fourth-order valence-corrected chi connectivity index (χ4v) is 1.96. The summed E-state index contributed by atoms with van der Waals surface area (Å²) in [4.78, 5) is 17.0. The average Bonchev–Trinajstić information content (AvgIpc) is 2.87. The Morgan fingerprint density at radius 1 is 1.40 bits per heavy atom. The van der Waals surface area contributed by atoms with Crippen LogP contribution in [0, 0.1) is 10.1 Å². The zero-order valence-corrected chi connectivity index (χ0v) is 10.5. The van der Waals surface area contributed by atoms with E-state index in [0.717, 1.165) is 0 Å². The van der Waals surface area contributed by atoms with Crippen LogP contribution in [-0.2, 0) is 12.7 Å². The van der Waals surface area contributed by atoms with Crippen LogP contribution in [0.2, 0.25) is 0 Å². The van der Waals surface area contributed by atoms with Gasteiger partial charge in [-0.1, -0.05) is 0 Å². The molecule has 0 amide bonds. The predicted octanol–water partition coefficient (Wildman–Crippen LogP) is 3.08. The van der Waals surface area contributed by atoms with Crippen molar-refractivity contribution in [2.75, 3.05) is 5.32 Å². The molecule has 106 valence electrons. The largest absolute Gasteiger partial charge is 0.433 e. The van der Waals surface area contributed by atoms with E-state index in [1.165, 1.54) is 17.5 Å². The van der Waals surface area contributed by atoms with Crippen molar-refractivity contribution in [1.82, 2.24) is 9.97 Å². The van der Waals surface area contributed by atoms with Crippen LogP contribution < -0.4 is 5.32 Å². The normalized spacial score (nSPS) is 11.3. The SMILES string of the molecule is O=[N+]([O-])c1cnc(C(F)(F)F)cc1NCc1nccs1. The molecule has 10 heteroatoms. The van der Waals surface area contributed by atoms with Gasteiger partial charge in [0.05, 0.1) is 11.5 Å². The molecule has 2 rings (SSSR count). The monoisotopic (exact) mass is 304 g/mol. The number of hydrogen-bond donors (Lipinski definition) is 1. The highest BCUT2D eigenvalue weighted by molar-refractivity contribution is 7.09. The second-order valence-corrected chi connectivity index (χ2v) is 4.60. The summed E-state index contributed by atoms with van der Waals surface area (Å²) in [5.74, 6) is 0. The van der Waals surface area contributed by atoms with Gasteiger partial charge in [0.2, 0.25) is 0 Å². The summed E-state index contributed by atoms with van der Waals surface area (Å²) in [7, 11) is 0. The first-order valence-electron chi connectivity index (χ1n) is 5.22. The highest BCUT2D eigenvalue weighted by Gasteiger charge is 2.34. The molecule has 0 radical (unpaired) electrons. The van der Waals surface area contributed by atoms with Gasteiger partial charge in [0.25, 0.3) is 0 Å². The standard InChI is InChI=1S/C10H7F3N4O2S/c11-10(12,13)8-3-6(7(4-16-8)17(18)19)15-5-9-14-1-2-20-9/h1-4H,5H2,(H,15,16). The number of alkyl halides is 3. The Kier molecular flexibility index (Phi) is 3.84. The molecular formula is C10H7F3N4O2S. The fourth-order valence-electron chi connectivity index (χ4n) is 1.40. The lowest BCUT2D eigenvalue weighted by atomic mass is 10.2. The molecule has 6 nitrogen and oxygen atoms in total. The van der Waals surface area contributed by atoms with Crippen molar-refractivity contribution in [2.45, 2.75) is 12.7 Å². The molecule has 0 aliphatic heterocycles. The van der Waals surface area contributed by atoms with E-state index in [-0.39, 0.29) is 12.2 Å². The van der Waals surface area contributed by atoms with Crippen molar-refractivity contribution < 1.29 is 18.1 Å². The summed E-state index contributed by atoms with van der Waals surface area (Å²) in [6, 6.07) is 0.617. The lowest BCUT2D eigenvalue weighted by molar-refractivity contribution is -0.384. The van der Waals surface area contributed by atoms with Crippen LogP contribution in [0.15, 0.2) is 23.8 Å². The number of nitro groups is 1. The summed E-state index contributed by atoms with van der Waals surface area (Å²) < 4.78 is 37.6. The van der Waals surface area contributed by atoms with Gasteiger partial charge in [-0.3, -0.25) is 10.1 Å². The Morgan fingerprint density at radius 2 is 2.15 bits per heavy atom. The van der Waals surface area contributed by atoms with Crippen LogP contribution in [0.1, 0.15) is 10.7 Å². The van der Waals surface area contributed by atoms with E-state index >= 15 is 0 Å². The second-order valence-electron chi connectivity index (χ2n) is 3.62. The number of nitrogens with zero attached hydrogens (tertiary/aromatic N) is 3. The smallest absolute Gasteiger partial charge is 0.373 e. The van der Waals surface area contributed by atoms with Gasteiger partial charge in [-0.15, -0.1) is 11.3 Å². The van der Waals surface area contributed by atoms with Crippen molar-refractivity contribution in [3.63, 3.8) is 0 Å². The van der Waals surface area contributed by atoms with Crippen molar-refractivity contribution in [2.24, 2.45) is 0 Å². The van der Waals surface area contributed by atoms with Crippen molar-refractivity contribution >= 4 is 22.7 Å². The summed E-state index contributed by atoms with van der Waals surface area (Å²) in [6.07, 6.45) is -2.54. The minimum Gasteiger partial charge on any atom is -0.373 e. The van der Waals surface area contributed by atoms with E-state index in [4.69, 9.17) is 0 Å². The van der Waals surface area contributed by atoms with E-state index in [1.54, 1.807) is 5.38 Å². The van der Waals surface area contributed by atoms with Crippen LogP contribution in [0.4, 0.5) is 24.5 Å². The summed E-state index contributed by atoms with van der Waals surface area (Å²) in [5, 5.41) is 15.6. The van der Waals surface area contributed by atoms with E-state index in [2.05, 4.69) is 15.3 Å². The molecule has 0 aliphatic rings. The minimum absolute atomic E-state index is 0.0970. The maximum Gasteiger partial charge on any atom is 0.433 e. The first-order valence-corrected chi connectivity index (χ1v) is 6.10. The zero-order valence-electron chi connectivity index (χ0n) is 9.72. The molecule has 0 bridgehead atoms. The Morgan fingerprint density at radius 3 is 2.70 bits per heavy atom. The topological polar surface area (TPSA) is 81.0 Å². The highest BCUT2D eigenvalue weighted by Crippen LogP contribution is 2.33. The Bertz CT molecular complexity index is 615. The quantitative estimate of drug-likeness (QED) is 0.693. The lowest BCUT2D eigenvalue weighted by Gasteiger charge is -2.09. The molecule has 2 aromatic rings. The third-order valence-electron chi connectivity index (χ3n) is 2.28. The van der Waals surface area contributed by atoms with Gasteiger partial charge < -0.3 is 5.32 Å². The highest BCUT2D eigenvalue weighted by atomic mass is 32.1. The van der Waals surface area contributed by atoms with Crippen LogP contribution in [0.3, 0.4) is 0 Å². The second kappa shape index (κ2) is 5.41. The van der Waals surface area contributed by atoms with Gasteiger partial charge in [0.1, 0.15) is 22.6 Å². The number of anilines is 1. The number of pyridine rings is 1. The predicted molar refractivity (Wildman–Crippen MR) is 65.3 cm³/mol. The van der Waals surface area contributed by atoms with Crippen LogP contribution in [0.5, 0.6) is 0 Å². The molecule has 1 N–H and O–H groups in total. The molecule has 0 atom stereocenters. The van der Waals surface area contributed by atoms with Gasteiger partial charge in [-0.2, -0.15) is 13.2 Å². The van der Waals surface area contributed by atoms with E-state index < -0.39 is 22.5 Å². The van der Waals surface area contributed by atoms with Gasteiger partial charge in [-0.05, 0) is 6.07 Å².